The maximum absolute atomic E-state index is 12.4. The molecule has 0 bridgehead atoms. The highest BCUT2D eigenvalue weighted by molar-refractivity contribution is 9.11. The van der Waals surface area contributed by atoms with E-state index in [2.05, 4.69) is 43.6 Å². The van der Waals surface area contributed by atoms with Crippen molar-refractivity contribution in [1.82, 2.24) is 10.2 Å². The van der Waals surface area contributed by atoms with Crippen molar-refractivity contribution in [2.75, 3.05) is 5.32 Å². The number of benzene rings is 2. The molecule has 0 saturated carbocycles. The summed E-state index contributed by atoms with van der Waals surface area (Å²) in [6.45, 7) is 0. The Morgan fingerprint density at radius 2 is 1.70 bits per heavy atom. The van der Waals surface area contributed by atoms with Crippen molar-refractivity contribution in [3.63, 3.8) is 0 Å². The van der Waals surface area contributed by atoms with Gasteiger partial charge in [0.05, 0.1) is 8.66 Å². The summed E-state index contributed by atoms with van der Waals surface area (Å²) in [7, 11) is 0. The number of hydrogen-bond donors (Lipinski definition) is 1. The second-order valence-corrected chi connectivity index (χ2v) is 8.29. The van der Waals surface area contributed by atoms with Gasteiger partial charge in [-0.3, -0.25) is 10.1 Å². The van der Waals surface area contributed by atoms with Crippen molar-refractivity contribution in [2.24, 2.45) is 0 Å². The highest BCUT2D eigenvalue weighted by atomic mass is 79.9. The van der Waals surface area contributed by atoms with Crippen molar-refractivity contribution in [2.45, 2.75) is 6.42 Å². The molecule has 0 spiro atoms. The molecule has 0 aliphatic heterocycles. The van der Waals surface area contributed by atoms with Crippen LogP contribution in [0.2, 0.25) is 0 Å². The first kappa shape index (κ1) is 17.6. The number of hydrogen-bond acceptors (Lipinski definition) is 5. The third kappa shape index (κ3) is 4.32. The normalized spacial score (nSPS) is 10.7. The average Bonchev–Trinajstić information content (AvgIpc) is 3.32. The van der Waals surface area contributed by atoms with E-state index in [0.717, 1.165) is 20.6 Å². The molecule has 4 aromatic rings. The van der Waals surface area contributed by atoms with Crippen molar-refractivity contribution in [3.8, 4) is 10.8 Å². The van der Waals surface area contributed by atoms with E-state index >= 15 is 0 Å². The number of nitrogens with zero attached hydrogens (tertiary/aromatic N) is 2. The molecular weight excluding hydrogens is 426 g/mol. The third-order valence-corrected chi connectivity index (χ3v) is 5.51. The minimum absolute atomic E-state index is 0.0767. The molecule has 0 unspecified atom stereocenters. The first-order valence-electron chi connectivity index (χ1n) is 8.21. The van der Waals surface area contributed by atoms with Gasteiger partial charge in [-0.15, -0.1) is 16.4 Å². The molecule has 0 saturated heterocycles. The molecule has 134 valence electrons. The van der Waals surface area contributed by atoms with E-state index in [4.69, 9.17) is 4.42 Å². The summed E-state index contributed by atoms with van der Waals surface area (Å²) < 4.78 is 6.48. The van der Waals surface area contributed by atoms with Crippen LogP contribution in [-0.4, -0.2) is 16.1 Å². The van der Waals surface area contributed by atoms with Crippen LogP contribution in [0, 0.1) is 0 Å². The second kappa shape index (κ2) is 7.85. The van der Waals surface area contributed by atoms with Gasteiger partial charge in [0.2, 0.25) is 0 Å². The maximum Gasteiger partial charge on any atom is 0.322 e. The molecule has 4 rings (SSSR count). The van der Waals surface area contributed by atoms with Crippen LogP contribution in [0.15, 0.2) is 74.9 Å². The van der Waals surface area contributed by atoms with E-state index in [1.54, 1.807) is 12.1 Å². The van der Waals surface area contributed by atoms with Crippen LogP contribution in [0.25, 0.3) is 10.8 Å². The summed E-state index contributed by atoms with van der Waals surface area (Å²) in [6.07, 6.45) is 0.826. The maximum atomic E-state index is 12.4. The molecule has 0 atom stereocenters. The van der Waals surface area contributed by atoms with Crippen molar-refractivity contribution < 1.29 is 9.21 Å². The SMILES string of the molecule is O=C(Nc1nnc(-c2ccc(Br)s2)o1)c1ccc(Cc2ccccc2)cc1. The van der Waals surface area contributed by atoms with E-state index in [-0.39, 0.29) is 11.9 Å². The number of anilines is 1. The van der Waals surface area contributed by atoms with Crippen LogP contribution in [-0.2, 0) is 6.42 Å². The molecule has 2 aromatic heterocycles. The van der Waals surface area contributed by atoms with Crippen molar-refractivity contribution in [3.05, 3.63) is 87.2 Å². The van der Waals surface area contributed by atoms with Gasteiger partial charge in [0.25, 0.3) is 11.8 Å². The lowest BCUT2D eigenvalue weighted by molar-refractivity contribution is 0.102. The molecule has 5 nitrogen and oxygen atoms in total. The zero-order chi connectivity index (χ0) is 18.6. The van der Waals surface area contributed by atoms with Gasteiger partial charge >= 0.3 is 6.01 Å². The Morgan fingerprint density at radius 3 is 2.41 bits per heavy atom. The summed E-state index contributed by atoms with van der Waals surface area (Å²) in [4.78, 5) is 13.2. The van der Waals surface area contributed by atoms with Crippen LogP contribution in [0.5, 0.6) is 0 Å². The van der Waals surface area contributed by atoms with Gasteiger partial charge in [-0.05, 0) is 57.7 Å². The largest absolute Gasteiger partial charge is 0.402 e. The van der Waals surface area contributed by atoms with Gasteiger partial charge in [0.15, 0.2) is 0 Å². The summed E-state index contributed by atoms with van der Waals surface area (Å²) in [5.41, 5.74) is 2.90. The van der Waals surface area contributed by atoms with E-state index in [9.17, 15) is 4.79 Å². The number of amides is 1. The van der Waals surface area contributed by atoms with Gasteiger partial charge in [-0.25, -0.2) is 0 Å². The fourth-order valence-electron chi connectivity index (χ4n) is 2.58. The number of halogens is 1. The van der Waals surface area contributed by atoms with Gasteiger partial charge in [-0.1, -0.05) is 47.6 Å². The highest BCUT2D eigenvalue weighted by Gasteiger charge is 2.14. The van der Waals surface area contributed by atoms with Gasteiger partial charge in [0.1, 0.15) is 0 Å². The molecule has 2 heterocycles. The zero-order valence-electron chi connectivity index (χ0n) is 14.1. The molecule has 1 amide bonds. The minimum atomic E-state index is -0.288. The number of rotatable bonds is 5. The van der Waals surface area contributed by atoms with Crippen LogP contribution in [0.3, 0.4) is 0 Å². The smallest absolute Gasteiger partial charge is 0.322 e. The Hall–Kier alpha value is -2.77. The van der Waals surface area contributed by atoms with Gasteiger partial charge in [-0.2, -0.15) is 0 Å². The fourth-order valence-corrected chi connectivity index (χ4v) is 3.88. The lowest BCUT2D eigenvalue weighted by atomic mass is 10.0. The quantitative estimate of drug-likeness (QED) is 0.451. The van der Waals surface area contributed by atoms with E-state index in [1.807, 2.05) is 42.5 Å². The second-order valence-electron chi connectivity index (χ2n) is 5.83. The number of carbonyl (C=O) groups is 1. The van der Waals surface area contributed by atoms with Crippen LogP contribution >= 0.6 is 27.3 Å². The Morgan fingerprint density at radius 1 is 0.963 bits per heavy atom. The summed E-state index contributed by atoms with van der Waals surface area (Å²) in [6, 6.07) is 21.5. The minimum Gasteiger partial charge on any atom is -0.402 e. The molecule has 0 aliphatic rings. The van der Waals surface area contributed by atoms with Gasteiger partial charge < -0.3 is 4.42 Å². The Bertz CT molecular complexity index is 1060. The Labute approximate surface area is 168 Å². The van der Waals surface area contributed by atoms with Crippen LogP contribution < -0.4 is 5.32 Å². The molecule has 27 heavy (non-hydrogen) atoms. The number of carbonyl (C=O) groups excluding carboxylic acids is 1. The van der Waals surface area contributed by atoms with Crippen LogP contribution in [0.1, 0.15) is 21.5 Å². The lowest BCUT2D eigenvalue weighted by Crippen LogP contribution is -2.12. The van der Waals surface area contributed by atoms with Crippen LogP contribution in [0.4, 0.5) is 6.01 Å². The Balaban J connectivity index is 1.42. The summed E-state index contributed by atoms with van der Waals surface area (Å²) >= 11 is 4.87. The van der Waals surface area contributed by atoms with Crippen molar-refractivity contribution >= 4 is 39.2 Å². The zero-order valence-corrected chi connectivity index (χ0v) is 16.5. The number of aromatic nitrogens is 2. The predicted molar refractivity (Wildman–Crippen MR) is 109 cm³/mol. The first-order chi connectivity index (χ1) is 13.2. The number of thiophene rings is 1. The average molecular weight is 440 g/mol. The third-order valence-electron chi connectivity index (χ3n) is 3.90. The summed E-state index contributed by atoms with van der Waals surface area (Å²) in [5.74, 6) is 0.0861. The first-order valence-corrected chi connectivity index (χ1v) is 9.82. The predicted octanol–water partition coefficient (Wildman–Crippen LogP) is 5.40. The monoisotopic (exact) mass is 439 g/mol. The fraction of sp³-hybridized carbons (Fsp3) is 0.0500. The topological polar surface area (TPSA) is 68.0 Å². The molecule has 0 radical (unpaired) electrons. The van der Waals surface area contributed by atoms with Crippen molar-refractivity contribution in [1.29, 1.82) is 0 Å². The standard InChI is InChI=1S/C20H14BrN3O2S/c21-17-11-10-16(27-17)19-23-24-20(26-19)22-18(25)15-8-6-14(7-9-15)12-13-4-2-1-3-5-13/h1-11H,12H2,(H,22,24,25). The van der Waals surface area contributed by atoms with E-state index in [0.29, 0.717) is 11.5 Å². The van der Waals surface area contributed by atoms with E-state index in [1.165, 1.54) is 16.9 Å². The molecule has 0 aliphatic carbocycles. The molecule has 2 aromatic carbocycles. The molecular formula is C20H14BrN3O2S. The Kier molecular flexibility index (Phi) is 5.13. The lowest BCUT2D eigenvalue weighted by Gasteiger charge is -2.04. The van der Waals surface area contributed by atoms with E-state index < -0.39 is 0 Å². The highest BCUT2D eigenvalue weighted by Crippen LogP contribution is 2.31. The molecule has 7 heteroatoms. The molecule has 0 fully saturated rings. The molecule has 1 N–H and O–H groups in total. The summed E-state index contributed by atoms with van der Waals surface area (Å²) in [5, 5.41) is 10.5. The van der Waals surface area contributed by atoms with Gasteiger partial charge in [0, 0.05) is 5.56 Å². The number of nitrogens with one attached hydrogen (secondary N) is 1.